The zero-order valence-corrected chi connectivity index (χ0v) is 12.1. The number of nitrogens with one attached hydrogen (secondary N) is 1. The number of nitrogens with two attached hydrogens (primary N) is 1. The Kier molecular flexibility index (Phi) is 3.59. The van der Waals surface area contributed by atoms with Gasteiger partial charge in [0.2, 0.25) is 5.95 Å². The lowest BCUT2D eigenvalue weighted by molar-refractivity contribution is 0.427. The van der Waals surface area contributed by atoms with Gasteiger partial charge in [-0.2, -0.15) is 0 Å². The normalized spacial score (nSPS) is 23.4. The molecule has 1 aliphatic carbocycles. The van der Waals surface area contributed by atoms with Crippen LogP contribution < -0.4 is 10.6 Å². The van der Waals surface area contributed by atoms with Crippen LogP contribution in [-0.4, -0.2) is 28.4 Å². The first-order chi connectivity index (χ1) is 9.65. The summed E-state index contributed by atoms with van der Waals surface area (Å²) in [6.07, 6.45) is 7.87. The Hall–Kier alpha value is -1.65. The number of hydrogen-bond acceptors (Lipinski definition) is 4. The number of nitrogens with zero attached hydrogens (tertiary/aromatic N) is 3. The van der Waals surface area contributed by atoms with E-state index in [1.54, 1.807) is 6.07 Å². The van der Waals surface area contributed by atoms with Crippen molar-refractivity contribution in [2.75, 3.05) is 11.4 Å². The molecule has 108 valence electrons. The second-order valence-electron chi connectivity index (χ2n) is 6.06. The monoisotopic (exact) mass is 273 g/mol. The molecule has 1 aromatic rings. The zero-order valence-electron chi connectivity index (χ0n) is 12.1. The van der Waals surface area contributed by atoms with Gasteiger partial charge in [-0.05, 0) is 44.6 Å². The first-order valence-corrected chi connectivity index (χ1v) is 7.62. The number of hydrogen-bond donors (Lipinski definition) is 2. The molecule has 0 spiro atoms. The molecule has 5 heteroatoms. The molecule has 2 aliphatic rings. The molecule has 1 saturated heterocycles. The van der Waals surface area contributed by atoms with E-state index >= 15 is 0 Å². The number of rotatable bonds is 3. The highest BCUT2D eigenvalue weighted by Gasteiger charge is 2.34. The van der Waals surface area contributed by atoms with Gasteiger partial charge >= 0.3 is 0 Å². The SMILES string of the molecule is Cc1cc(C(=N)N)nc(N2CCCC2C2CCCC2)n1. The summed E-state index contributed by atoms with van der Waals surface area (Å²) in [5.41, 5.74) is 7.01. The maximum Gasteiger partial charge on any atom is 0.226 e. The third-order valence-corrected chi connectivity index (χ3v) is 4.62. The smallest absolute Gasteiger partial charge is 0.226 e. The summed E-state index contributed by atoms with van der Waals surface area (Å²) in [7, 11) is 0. The van der Waals surface area contributed by atoms with Crippen molar-refractivity contribution in [1.29, 1.82) is 5.41 Å². The summed E-state index contributed by atoms with van der Waals surface area (Å²) in [5, 5.41) is 7.59. The number of aryl methyl sites for hydroxylation is 1. The average molecular weight is 273 g/mol. The van der Waals surface area contributed by atoms with Gasteiger partial charge in [0, 0.05) is 18.3 Å². The molecule has 0 bridgehead atoms. The Morgan fingerprint density at radius 1 is 1.25 bits per heavy atom. The zero-order chi connectivity index (χ0) is 14.1. The van der Waals surface area contributed by atoms with E-state index in [9.17, 15) is 0 Å². The van der Waals surface area contributed by atoms with Crippen LogP contribution in [0.15, 0.2) is 6.07 Å². The van der Waals surface area contributed by atoms with Gasteiger partial charge < -0.3 is 10.6 Å². The van der Waals surface area contributed by atoms with E-state index < -0.39 is 0 Å². The molecule has 0 aromatic carbocycles. The molecule has 0 amide bonds. The third-order valence-electron chi connectivity index (χ3n) is 4.62. The summed E-state index contributed by atoms with van der Waals surface area (Å²) in [4.78, 5) is 11.4. The molecule has 1 atom stereocenters. The predicted molar refractivity (Wildman–Crippen MR) is 80.1 cm³/mol. The third kappa shape index (κ3) is 2.49. The van der Waals surface area contributed by atoms with Gasteiger partial charge in [0.25, 0.3) is 0 Å². The minimum atomic E-state index is 0.0216. The first kappa shape index (κ1) is 13.3. The van der Waals surface area contributed by atoms with E-state index in [1.807, 2.05) is 6.92 Å². The molecule has 3 rings (SSSR count). The summed E-state index contributed by atoms with van der Waals surface area (Å²) in [5.74, 6) is 1.58. The maximum absolute atomic E-state index is 7.59. The quantitative estimate of drug-likeness (QED) is 0.654. The highest BCUT2D eigenvalue weighted by Crippen LogP contribution is 2.36. The van der Waals surface area contributed by atoms with Crippen LogP contribution in [0.2, 0.25) is 0 Å². The van der Waals surface area contributed by atoms with Gasteiger partial charge in [-0.25, -0.2) is 9.97 Å². The number of nitrogen functional groups attached to an aromatic ring is 1. The van der Waals surface area contributed by atoms with Crippen LogP contribution in [0.1, 0.15) is 49.9 Å². The van der Waals surface area contributed by atoms with Crippen molar-refractivity contribution < 1.29 is 0 Å². The summed E-state index contributed by atoms with van der Waals surface area (Å²) < 4.78 is 0. The van der Waals surface area contributed by atoms with Crippen molar-refractivity contribution in [2.24, 2.45) is 11.7 Å². The summed E-state index contributed by atoms with van der Waals surface area (Å²) in [6.45, 7) is 2.97. The minimum absolute atomic E-state index is 0.0216. The fourth-order valence-electron chi connectivity index (χ4n) is 3.69. The number of aromatic nitrogens is 2. The second-order valence-corrected chi connectivity index (χ2v) is 6.06. The van der Waals surface area contributed by atoms with Crippen LogP contribution in [0, 0.1) is 18.3 Å². The van der Waals surface area contributed by atoms with Crippen molar-refractivity contribution in [3.63, 3.8) is 0 Å². The van der Waals surface area contributed by atoms with E-state index in [1.165, 1.54) is 38.5 Å². The molecular weight excluding hydrogens is 250 g/mol. The lowest BCUT2D eigenvalue weighted by Gasteiger charge is -2.29. The van der Waals surface area contributed by atoms with E-state index in [-0.39, 0.29) is 5.84 Å². The standard InChI is InChI=1S/C15H23N5/c1-10-9-12(14(16)17)19-15(18-10)20-8-4-7-13(20)11-5-2-3-6-11/h9,11,13H,2-8H2,1H3,(H3,16,17). The molecule has 1 saturated carbocycles. The predicted octanol–water partition coefficient (Wildman–Crippen LogP) is 2.23. The maximum atomic E-state index is 7.59. The van der Waals surface area contributed by atoms with Crippen LogP contribution in [0.5, 0.6) is 0 Å². The molecule has 1 aliphatic heterocycles. The molecule has 5 nitrogen and oxygen atoms in total. The summed E-state index contributed by atoms with van der Waals surface area (Å²) >= 11 is 0. The lowest BCUT2D eigenvalue weighted by Crippen LogP contribution is -2.36. The Bertz CT molecular complexity index is 507. The molecule has 0 radical (unpaired) electrons. The molecular formula is C15H23N5. The van der Waals surface area contributed by atoms with Gasteiger partial charge in [0.15, 0.2) is 0 Å². The van der Waals surface area contributed by atoms with Gasteiger partial charge in [-0.15, -0.1) is 0 Å². The van der Waals surface area contributed by atoms with Crippen LogP contribution in [0.25, 0.3) is 0 Å². The van der Waals surface area contributed by atoms with E-state index in [0.717, 1.165) is 24.1 Å². The van der Waals surface area contributed by atoms with Crippen molar-refractivity contribution >= 4 is 11.8 Å². The second kappa shape index (κ2) is 5.38. The van der Waals surface area contributed by atoms with Crippen molar-refractivity contribution in [3.05, 3.63) is 17.5 Å². The number of amidine groups is 1. The largest absolute Gasteiger partial charge is 0.382 e. The van der Waals surface area contributed by atoms with Gasteiger partial charge in [0.1, 0.15) is 11.5 Å². The Morgan fingerprint density at radius 3 is 2.70 bits per heavy atom. The molecule has 3 N–H and O–H groups in total. The topological polar surface area (TPSA) is 78.9 Å². The van der Waals surface area contributed by atoms with E-state index in [0.29, 0.717) is 11.7 Å². The van der Waals surface area contributed by atoms with E-state index in [2.05, 4.69) is 14.9 Å². The first-order valence-electron chi connectivity index (χ1n) is 7.62. The van der Waals surface area contributed by atoms with Crippen LogP contribution >= 0.6 is 0 Å². The average Bonchev–Trinajstić information content (AvgIpc) is 3.08. The van der Waals surface area contributed by atoms with Crippen LogP contribution in [0.4, 0.5) is 5.95 Å². The molecule has 1 aromatic heterocycles. The summed E-state index contributed by atoms with van der Waals surface area (Å²) in [6, 6.07) is 2.37. The molecule has 2 fully saturated rings. The molecule has 20 heavy (non-hydrogen) atoms. The van der Waals surface area contributed by atoms with E-state index in [4.69, 9.17) is 11.1 Å². The van der Waals surface area contributed by atoms with Crippen molar-refractivity contribution in [3.8, 4) is 0 Å². The van der Waals surface area contributed by atoms with Crippen LogP contribution in [0.3, 0.4) is 0 Å². The number of anilines is 1. The highest BCUT2D eigenvalue weighted by molar-refractivity contribution is 5.93. The highest BCUT2D eigenvalue weighted by atomic mass is 15.3. The molecule has 1 unspecified atom stereocenters. The Balaban J connectivity index is 1.88. The van der Waals surface area contributed by atoms with Crippen molar-refractivity contribution in [1.82, 2.24) is 9.97 Å². The van der Waals surface area contributed by atoms with Crippen LogP contribution in [-0.2, 0) is 0 Å². The van der Waals surface area contributed by atoms with Gasteiger partial charge in [-0.3, -0.25) is 5.41 Å². The molecule has 2 heterocycles. The van der Waals surface area contributed by atoms with Crippen molar-refractivity contribution in [2.45, 2.75) is 51.5 Å². The lowest BCUT2D eigenvalue weighted by atomic mass is 9.96. The fraction of sp³-hybridized carbons (Fsp3) is 0.667. The van der Waals surface area contributed by atoms with Gasteiger partial charge in [-0.1, -0.05) is 12.8 Å². The fourth-order valence-corrected chi connectivity index (χ4v) is 3.69. The Morgan fingerprint density at radius 2 is 2.00 bits per heavy atom. The minimum Gasteiger partial charge on any atom is -0.382 e. The Labute approximate surface area is 120 Å². The van der Waals surface area contributed by atoms with Gasteiger partial charge in [0.05, 0.1) is 0 Å².